The molecule has 1 unspecified atom stereocenters. The SMILES string of the molecule is C[C@@H](NC1CCCc2c1cnn2C)c1cccc(F)c1. The quantitative estimate of drug-likeness (QED) is 0.930. The molecule has 1 heterocycles. The molecule has 2 aromatic rings. The lowest BCUT2D eigenvalue weighted by atomic mass is 9.92. The van der Waals surface area contributed by atoms with E-state index in [1.807, 2.05) is 24.0 Å². The molecule has 0 saturated carbocycles. The van der Waals surface area contributed by atoms with E-state index in [1.165, 1.54) is 23.7 Å². The first-order valence-corrected chi connectivity index (χ1v) is 7.17. The van der Waals surface area contributed by atoms with Crippen LogP contribution in [0.15, 0.2) is 30.5 Å². The van der Waals surface area contributed by atoms with Gasteiger partial charge in [-0.1, -0.05) is 12.1 Å². The number of halogens is 1. The van der Waals surface area contributed by atoms with Crippen LogP contribution in [-0.4, -0.2) is 9.78 Å². The van der Waals surface area contributed by atoms with E-state index < -0.39 is 0 Å². The Kier molecular flexibility index (Phi) is 3.57. The van der Waals surface area contributed by atoms with Gasteiger partial charge >= 0.3 is 0 Å². The van der Waals surface area contributed by atoms with Crippen molar-refractivity contribution in [2.45, 2.75) is 38.3 Å². The average molecular weight is 273 g/mol. The summed E-state index contributed by atoms with van der Waals surface area (Å²) in [5.74, 6) is -0.179. The third kappa shape index (κ3) is 2.48. The van der Waals surface area contributed by atoms with Crippen molar-refractivity contribution in [1.82, 2.24) is 15.1 Å². The van der Waals surface area contributed by atoms with Gasteiger partial charge in [0.1, 0.15) is 5.82 Å². The number of fused-ring (bicyclic) bond motifs is 1. The van der Waals surface area contributed by atoms with Gasteiger partial charge < -0.3 is 5.32 Å². The van der Waals surface area contributed by atoms with Crippen molar-refractivity contribution < 1.29 is 4.39 Å². The minimum atomic E-state index is -0.179. The van der Waals surface area contributed by atoms with Crippen LogP contribution >= 0.6 is 0 Å². The summed E-state index contributed by atoms with van der Waals surface area (Å²) in [6.45, 7) is 2.08. The third-order valence-electron chi connectivity index (χ3n) is 4.18. The molecule has 0 amide bonds. The predicted octanol–water partition coefficient (Wildman–Crippen LogP) is 3.29. The van der Waals surface area contributed by atoms with E-state index in [0.717, 1.165) is 18.4 Å². The number of rotatable bonds is 3. The lowest BCUT2D eigenvalue weighted by Gasteiger charge is -2.27. The number of hydrogen-bond acceptors (Lipinski definition) is 2. The standard InChI is InChI=1S/C16H20FN3/c1-11(12-5-3-6-13(17)9-12)19-15-7-4-8-16-14(15)10-18-20(16)2/h3,5-6,9-11,15,19H,4,7-8H2,1-2H3/t11-,15?/m1/s1. The Hall–Kier alpha value is -1.68. The van der Waals surface area contributed by atoms with Crippen LogP contribution in [0.4, 0.5) is 4.39 Å². The predicted molar refractivity (Wildman–Crippen MR) is 76.8 cm³/mol. The van der Waals surface area contributed by atoms with Gasteiger partial charge in [0.2, 0.25) is 0 Å². The largest absolute Gasteiger partial charge is 0.303 e. The zero-order valence-electron chi connectivity index (χ0n) is 11.9. The lowest BCUT2D eigenvalue weighted by Crippen LogP contribution is -2.27. The van der Waals surface area contributed by atoms with Crippen LogP contribution < -0.4 is 5.32 Å². The zero-order valence-corrected chi connectivity index (χ0v) is 11.9. The number of nitrogens with one attached hydrogen (secondary N) is 1. The van der Waals surface area contributed by atoms with Crippen LogP contribution in [-0.2, 0) is 13.5 Å². The van der Waals surface area contributed by atoms with E-state index in [2.05, 4.69) is 17.3 Å². The van der Waals surface area contributed by atoms with Gasteiger partial charge in [0.05, 0.1) is 6.20 Å². The van der Waals surface area contributed by atoms with Crippen LogP contribution in [0, 0.1) is 5.82 Å². The average Bonchev–Trinajstić information content (AvgIpc) is 2.82. The highest BCUT2D eigenvalue weighted by Crippen LogP contribution is 2.31. The van der Waals surface area contributed by atoms with E-state index in [0.29, 0.717) is 6.04 Å². The van der Waals surface area contributed by atoms with Crippen molar-refractivity contribution in [2.75, 3.05) is 0 Å². The number of nitrogens with zero attached hydrogens (tertiary/aromatic N) is 2. The molecule has 3 nitrogen and oxygen atoms in total. The minimum Gasteiger partial charge on any atom is -0.303 e. The molecule has 4 heteroatoms. The molecule has 1 N–H and O–H groups in total. The van der Waals surface area contributed by atoms with E-state index >= 15 is 0 Å². The molecule has 1 aliphatic rings. The molecule has 106 valence electrons. The van der Waals surface area contributed by atoms with Gasteiger partial charge in [-0.3, -0.25) is 4.68 Å². The summed E-state index contributed by atoms with van der Waals surface area (Å²) in [7, 11) is 2.00. The minimum absolute atomic E-state index is 0.127. The molecule has 0 bridgehead atoms. The van der Waals surface area contributed by atoms with Crippen molar-refractivity contribution >= 4 is 0 Å². The van der Waals surface area contributed by atoms with Crippen LogP contribution in [0.3, 0.4) is 0 Å². The van der Waals surface area contributed by atoms with Crippen molar-refractivity contribution in [3.63, 3.8) is 0 Å². The van der Waals surface area contributed by atoms with Crippen LogP contribution in [0.1, 0.15) is 48.7 Å². The summed E-state index contributed by atoms with van der Waals surface area (Å²) < 4.78 is 15.3. The first kappa shape index (κ1) is 13.3. The molecule has 0 fully saturated rings. The first-order valence-electron chi connectivity index (χ1n) is 7.17. The molecule has 0 radical (unpaired) electrons. The molecule has 0 spiro atoms. The summed E-state index contributed by atoms with van der Waals surface area (Å²) in [4.78, 5) is 0. The molecule has 0 aliphatic heterocycles. The van der Waals surface area contributed by atoms with Crippen molar-refractivity contribution in [3.8, 4) is 0 Å². The van der Waals surface area contributed by atoms with Gasteiger partial charge in [-0.25, -0.2) is 4.39 Å². The highest BCUT2D eigenvalue weighted by Gasteiger charge is 2.24. The van der Waals surface area contributed by atoms with Gasteiger partial charge in [0.15, 0.2) is 0 Å². The number of aromatic nitrogens is 2. The smallest absolute Gasteiger partial charge is 0.123 e. The molecular formula is C16H20FN3. The first-order chi connectivity index (χ1) is 9.65. The maximum absolute atomic E-state index is 13.3. The number of benzene rings is 1. The highest BCUT2D eigenvalue weighted by molar-refractivity contribution is 5.26. The molecule has 3 rings (SSSR count). The summed E-state index contributed by atoms with van der Waals surface area (Å²) in [5, 5.41) is 7.97. The Morgan fingerprint density at radius 3 is 3.10 bits per heavy atom. The summed E-state index contributed by atoms with van der Waals surface area (Å²) >= 11 is 0. The molecule has 1 aromatic heterocycles. The van der Waals surface area contributed by atoms with Crippen molar-refractivity contribution in [3.05, 3.63) is 53.1 Å². The van der Waals surface area contributed by atoms with Gasteiger partial charge in [-0.05, 0) is 43.9 Å². The molecule has 1 aromatic carbocycles. The Morgan fingerprint density at radius 2 is 2.30 bits per heavy atom. The topological polar surface area (TPSA) is 29.9 Å². The fourth-order valence-corrected chi connectivity index (χ4v) is 3.05. The van der Waals surface area contributed by atoms with Crippen molar-refractivity contribution in [2.24, 2.45) is 7.05 Å². The second-order valence-corrected chi connectivity index (χ2v) is 5.56. The Bertz CT molecular complexity index is 606. The fraction of sp³-hybridized carbons (Fsp3) is 0.438. The lowest BCUT2D eigenvalue weighted by molar-refractivity contribution is 0.410. The van der Waals surface area contributed by atoms with Gasteiger partial charge in [0, 0.05) is 30.4 Å². The second kappa shape index (κ2) is 5.37. The Morgan fingerprint density at radius 1 is 1.45 bits per heavy atom. The number of aryl methyl sites for hydroxylation is 1. The van der Waals surface area contributed by atoms with Gasteiger partial charge in [-0.2, -0.15) is 5.10 Å². The van der Waals surface area contributed by atoms with Crippen molar-refractivity contribution in [1.29, 1.82) is 0 Å². The maximum atomic E-state index is 13.3. The van der Waals surface area contributed by atoms with Crippen LogP contribution in [0.2, 0.25) is 0 Å². The summed E-state index contributed by atoms with van der Waals surface area (Å²) in [5.41, 5.74) is 3.60. The van der Waals surface area contributed by atoms with E-state index in [9.17, 15) is 4.39 Å². The van der Waals surface area contributed by atoms with E-state index in [-0.39, 0.29) is 11.9 Å². The Labute approximate surface area is 118 Å². The Balaban J connectivity index is 1.78. The monoisotopic (exact) mass is 273 g/mol. The molecular weight excluding hydrogens is 253 g/mol. The fourth-order valence-electron chi connectivity index (χ4n) is 3.05. The second-order valence-electron chi connectivity index (χ2n) is 5.56. The molecule has 1 aliphatic carbocycles. The third-order valence-corrected chi connectivity index (χ3v) is 4.18. The summed E-state index contributed by atoms with van der Waals surface area (Å²) in [6.07, 6.45) is 5.33. The molecule has 0 saturated heterocycles. The van der Waals surface area contributed by atoms with E-state index in [1.54, 1.807) is 12.1 Å². The molecule has 2 atom stereocenters. The van der Waals surface area contributed by atoms with Gasteiger partial charge in [-0.15, -0.1) is 0 Å². The summed E-state index contributed by atoms with van der Waals surface area (Å²) in [6, 6.07) is 7.25. The van der Waals surface area contributed by atoms with Crippen LogP contribution in [0.25, 0.3) is 0 Å². The molecule has 20 heavy (non-hydrogen) atoms. The van der Waals surface area contributed by atoms with Crippen LogP contribution in [0.5, 0.6) is 0 Å². The normalized spacial score (nSPS) is 19.6. The zero-order chi connectivity index (χ0) is 14.1. The highest BCUT2D eigenvalue weighted by atomic mass is 19.1. The van der Waals surface area contributed by atoms with E-state index in [4.69, 9.17) is 0 Å². The maximum Gasteiger partial charge on any atom is 0.123 e. The number of hydrogen-bond donors (Lipinski definition) is 1. The van der Waals surface area contributed by atoms with Gasteiger partial charge in [0.25, 0.3) is 0 Å².